The van der Waals surface area contributed by atoms with Crippen LogP contribution in [0.15, 0.2) is 47.4 Å². The van der Waals surface area contributed by atoms with Gasteiger partial charge in [0.05, 0.1) is 0 Å². The summed E-state index contributed by atoms with van der Waals surface area (Å²) in [6.07, 6.45) is 0.650. The molecule has 0 saturated carbocycles. The lowest BCUT2D eigenvalue weighted by Gasteiger charge is -2.02. The number of rotatable bonds is 4. The van der Waals surface area contributed by atoms with Crippen molar-refractivity contribution >= 4 is 28.3 Å². The van der Waals surface area contributed by atoms with E-state index >= 15 is 0 Å². The molecule has 0 aromatic heterocycles. The molecule has 0 fully saturated rings. The van der Waals surface area contributed by atoms with E-state index in [0.29, 0.717) is 6.42 Å². The van der Waals surface area contributed by atoms with Crippen molar-refractivity contribution in [2.24, 2.45) is 0 Å². The number of benzene rings is 2. The molecule has 0 radical (unpaired) electrons. The molecule has 1 nitrogen and oxygen atoms in total. The zero-order valence-electron chi connectivity index (χ0n) is 9.27. The van der Waals surface area contributed by atoms with E-state index in [0.717, 1.165) is 5.75 Å². The smallest absolute Gasteiger partial charge is 0.130 e. The number of hydrogen-bond acceptors (Lipinski definition) is 2. The molecule has 0 amide bonds. The Morgan fingerprint density at radius 1 is 1.12 bits per heavy atom. The first-order valence-corrected chi connectivity index (χ1v) is 6.35. The average Bonchev–Trinajstić information content (AvgIpc) is 2.28. The first-order chi connectivity index (χ1) is 7.75. The van der Waals surface area contributed by atoms with Gasteiger partial charge in [-0.2, -0.15) is 0 Å². The van der Waals surface area contributed by atoms with E-state index in [4.69, 9.17) is 0 Å². The van der Waals surface area contributed by atoms with Crippen LogP contribution in [-0.2, 0) is 4.79 Å². The van der Waals surface area contributed by atoms with Gasteiger partial charge >= 0.3 is 0 Å². The summed E-state index contributed by atoms with van der Waals surface area (Å²) in [6.45, 7) is 1.64. The summed E-state index contributed by atoms with van der Waals surface area (Å²) in [5.41, 5.74) is 0. The zero-order chi connectivity index (χ0) is 11.4. The SMILES string of the molecule is CC(=O)CCSc1ccc2ccccc2c1. The van der Waals surface area contributed by atoms with Gasteiger partial charge in [0.2, 0.25) is 0 Å². The molecule has 0 spiro atoms. The summed E-state index contributed by atoms with van der Waals surface area (Å²) in [5.74, 6) is 1.13. The van der Waals surface area contributed by atoms with Crippen molar-refractivity contribution in [2.45, 2.75) is 18.2 Å². The van der Waals surface area contributed by atoms with E-state index in [2.05, 4.69) is 30.3 Å². The van der Waals surface area contributed by atoms with Crippen LogP contribution in [-0.4, -0.2) is 11.5 Å². The molecular weight excluding hydrogens is 216 g/mol. The molecule has 0 N–H and O–H groups in total. The Balaban J connectivity index is 2.10. The number of ketones is 1. The van der Waals surface area contributed by atoms with Crippen molar-refractivity contribution < 1.29 is 4.79 Å². The van der Waals surface area contributed by atoms with Gasteiger partial charge in [0.25, 0.3) is 0 Å². The standard InChI is InChI=1S/C14H14OS/c1-11(15)8-9-16-14-7-6-12-4-2-3-5-13(12)10-14/h2-7,10H,8-9H2,1H3. The molecule has 82 valence electrons. The van der Waals surface area contributed by atoms with Crippen molar-refractivity contribution in [1.29, 1.82) is 0 Å². The first kappa shape index (κ1) is 11.2. The lowest BCUT2D eigenvalue weighted by molar-refractivity contribution is -0.116. The summed E-state index contributed by atoms with van der Waals surface area (Å²) in [4.78, 5) is 12.1. The van der Waals surface area contributed by atoms with Crippen molar-refractivity contribution in [2.75, 3.05) is 5.75 Å². The lowest BCUT2D eigenvalue weighted by atomic mass is 10.1. The van der Waals surface area contributed by atoms with Crippen LogP contribution in [0.3, 0.4) is 0 Å². The lowest BCUT2D eigenvalue weighted by Crippen LogP contribution is -1.91. The van der Waals surface area contributed by atoms with Gasteiger partial charge in [0, 0.05) is 17.1 Å². The Morgan fingerprint density at radius 2 is 1.88 bits per heavy atom. The summed E-state index contributed by atoms with van der Waals surface area (Å²) >= 11 is 1.74. The fourth-order valence-corrected chi connectivity index (χ4v) is 2.57. The van der Waals surface area contributed by atoms with E-state index < -0.39 is 0 Å². The average molecular weight is 230 g/mol. The van der Waals surface area contributed by atoms with Crippen molar-refractivity contribution in [3.63, 3.8) is 0 Å². The molecule has 0 aliphatic heterocycles. The fraction of sp³-hybridized carbons (Fsp3) is 0.214. The Hall–Kier alpha value is -1.28. The third-order valence-electron chi connectivity index (χ3n) is 2.44. The Morgan fingerprint density at radius 3 is 2.62 bits per heavy atom. The summed E-state index contributed by atoms with van der Waals surface area (Å²) < 4.78 is 0. The van der Waals surface area contributed by atoms with Gasteiger partial charge in [-0.15, -0.1) is 11.8 Å². The summed E-state index contributed by atoms with van der Waals surface area (Å²) in [6, 6.07) is 14.7. The number of carbonyl (C=O) groups is 1. The third-order valence-corrected chi connectivity index (χ3v) is 3.44. The molecule has 2 aromatic carbocycles. The molecule has 0 heterocycles. The number of thioether (sulfide) groups is 1. The molecule has 2 rings (SSSR count). The minimum Gasteiger partial charge on any atom is -0.300 e. The van der Waals surface area contributed by atoms with E-state index in [-0.39, 0.29) is 5.78 Å². The second kappa shape index (κ2) is 5.17. The van der Waals surface area contributed by atoms with Gasteiger partial charge in [-0.1, -0.05) is 30.3 Å². The van der Waals surface area contributed by atoms with Gasteiger partial charge in [-0.05, 0) is 29.8 Å². The topological polar surface area (TPSA) is 17.1 Å². The predicted octanol–water partition coefficient (Wildman–Crippen LogP) is 3.91. The number of fused-ring (bicyclic) bond motifs is 1. The predicted molar refractivity (Wildman–Crippen MR) is 70.0 cm³/mol. The summed E-state index contributed by atoms with van der Waals surface area (Å²) in [5, 5.41) is 2.52. The van der Waals surface area contributed by atoms with Crippen LogP contribution < -0.4 is 0 Å². The van der Waals surface area contributed by atoms with Gasteiger partial charge in [0.1, 0.15) is 5.78 Å². The highest BCUT2D eigenvalue weighted by Gasteiger charge is 1.98. The molecule has 0 aliphatic carbocycles. The molecule has 0 unspecified atom stereocenters. The minimum atomic E-state index is 0.258. The highest BCUT2D eigenvalue weighted by molar-refractivity contribution is 7.99. The second-order valence-corrected chi connectivity index (χ2v) is 4.98. The normalized spacial score (nSPS) is 10.6. The van der Waals surface area contributed by atoms with Crippen LogP contribution in [0.2, 0.25) is 0 Å². The fourth-order valence-electron chi connectivity index (χ4n) is 1.57. The van der Waals surface area contributed by atoms with E-state index in [1.54, 1.807) is 18.7 Å². The summed E-state index contributed by atoms with van der Waals surface area (Å²) in [7, 11) is 0. The van der Waals surface area contributed by atoms with Crippen LogP contribution in [0.1, 0.15) is 13.3 Å². The maximum absolute atomic E-state index is 10.8. The Kier molecular flexibility index (Phi) is 3.62. The van der Waals surface area contributed by atoms with Crippen LogP contribution in [0, 0.1) is 0 Å². The Labute approximate surface area is 99.9 Å². The number of hydrogen-bond donors (Lipinski definition) is 0. The van der Waals surface area contributed by atoms with Crippen LogP contribution in [0.25, 0.3) is 10.8 Å². The number of carbonyl (C=O) groups excluding carboxylic acids is 1. The molecule has 16 heavy (non-hydrogen) atoms. The van der Waals surface area contributed by atoms with Crippen molar-refractivity contribution in [1.82, 2.24) is 0 Å². The van der Waals surface area contributed by atoms with Crippen molar-refractivity contribution in [3.05, 3.63) is 42.5 Å². The molecule has 2 aromatic rings. The van der Waals surface area contributed by atoms with Crippen molar-refractivity contribution in [3.8, 4) is 0 Å². The van der Waals surface area contributed by atoms with Crippen LogP contribution in [0.5, 0.6) is 0 Å². The zero-order valence-corrected chi connectivity index (χ0v) is 10.1. The molecule has 0 bridgehead atoms. The quantitative estimate of drug-likeness (QED) is 0.741. The van der Waals surface area contributed by atoms with E-state index in [9.17, 15) is 4.79 Å². The number of Topliss-reactive ketones (excluding diaryl/α,β-unsaturated/α-hetero) is 1. The highest BCUT2D eigenvalue weighted by atomic mass is 32.2. The van der Waals surface area contributed by atoms with Gasteiger partial charge < -0.3 is 0 Å². The third kappa shape index (κ3) is 2.86. The van der Waals surface area contributed by atoms with Crippen LogP contribution >= 0.6 is 11.8 Å². The van der Waals surface area contributed by atoms with Crippen LogP contribution in [0.4, 0.5) is 0 Å². The largest absolute Gasteiger partial charge is 0.300 e. The molecule has 0 aliphatic rings. The maximum atomic E-state index is 10.8. The minimum absolute atomic E-state index is 0.258. The monoisotopic (exact) mass is 230 g/mol. The van der Waals surface area contributed by atoms with E-state index in [1.165, 1.54) is 15.7 Å². The molecule has 0 atom stereocenters. The maximum Gasteiger partial charge on any atom is 0.130 e. The highest BCUT2D eigenvalue weighted by Crippen LogP contribution is 2.23. The molecule has 0 saturated heterocycles. The first-order valence-electron chi connectivity index (χ1n) is 5.37. The van der Waals surface area contributed by atoms with Gasteiger partial charge in [-0.3, -0.25) is 4.79 Å². The van der Waals surface area contributed by atoms with E-state index in [1.807, 2.05) is 12.1 Å². The second-order valence-electron chi connectivity index (χ2n) is 3.81. The Bertz CT molecular complexity index is 505. The molecular formula is C14H14OS. The van der Waals surface area contributed by atoms with Gasteiger partial charge in [-0.25, -0.2) is 0 Å². The van der Waals surface area contributed by atoms with Gasteiger partial charge in [0.15, 0.2) is 0 Å². The molecule has 2 heteroatoms.